The van der Waals surface area contributed by atoms with Crippen molar-refractivity contribution in [2.24, 2.45) is 0 Å². The van der Waals surface area contributed by atoms with Crippen LogP contribution in [0.5, 0.6) is 0 Å². The highest BCUT2D eigenvalue weighted by Crippen LogP contribution is 2.47. The molecule has 4 rings (SSSR count). The van der Waals surface area contributed by atoms with E-state index in [4.69, 9.17) is 0 Å². The molecule has 0 aliphatic carbocycles. The predicted octanol–water partition coefficient (Wildman–Crippen LogP) is 7.15. The third-order valence-electron chi connectivity index (χ3n) is 7.19. The van der Waals surface area contributed by atoms with Crippen molar-refractivity contribution in [3.63, 3.8) is 0 Å². The van der Waals surface area contributed by atoms with E-state index in [-0.39, 0.29) is 5.54 Å². The van der Waals surface area contributed by atoms with E-state index >= 15 is 0 Å². The molecular weight excluding hydrogens is 374 g/mol. The van der Waals surface area contributed by atoms with E-state index in [0.717, 1.165) is 32.4 Å². The Morgan fingerprint density at radius 3 is 1.26 bits per heavy atom. The minimum atomic E-state index is -0.244. The third kappa shape index (κ3) is 3.85. The van der Waals surface area contributed by atoms with Gasteiger partial charge in [0.2, 0.25) is 0 Å². The minimum absolute atomic E-state index is 0.244. The van der Waals surface area contributed by atoms with Crippen LogP contribution < -0.4 is 0 Å². The lowest BCUT2D eigenvalue weighted by atomic mass is 9.69. The Morgan fingerprint density at radius 1 is 0.548 bits per heavy atom. The van der Waals surface area contributed by atoms with Gasteiger partial charge in [-0.1, -0.05) is 100.0 Å². The number of rotatable bonds is 7. The first-order valence-corrected chi connectivity index (χ1v) is 12.3. The summed E-state index contributed by atoms with van der Waals surface area (Å²) in [5, 5.41) is 0. The van der Waals surface area contributed by atoms with E-state index in [1.165, 1.54) is 52.6 Å². The first-order valence-electron chi connectivity index (χ1n) is 12.3. The fourth-order valence-electron chi connectivity index (χ4n) is 5.72. The molecule has 3 aromatic rings. The number of likely N-dealkylation sites (tertiary alicyclic amines) is 1. The summed E-state index contributed by atoms with van der Waals surface area (Å²) in [4.78, 5) is 2.81. The smallest absolute Gasteiger partial charge is 0.0980 e. The molecule has 1 heterocycles. The zero-order chi connectivity index (χ0) is 21.7. The normalized spacial score (nSPS) is 15.2. The van der Waals surface area contributed by atoms with Crippen LogP contribution in [0.4, 0.5) is 0 Å². The average molecular weight is 412 g/mol. The van der Waals surface area contributed by atoms with E-state index in [9.17, 15) is 0 Å². The molecule has 1 aliphatic rings. The number of piperidine rings is 1. The van der Waals surface area contributed by atoms with Crippen LogP contribution >= 0.6 is 0 Å². The Labute approximate surface area is 189 Å². The van der Waals surface area contributed by atoms with Crippen LogP contribution in [0.15, 0.2) is 72.8 Å². The summed E-state index contributed by atoms with van der Waals surface area (Å²) in [5.41, 5.74) is 8.56. The standard InChI is InChI=1S/C30H37N/c1-4-24-16-8-11-19-27(24)30(31-22-14-7-15-23-31,28-20-12-9-17-25(28)5-2)29-21-13-10-18-26(29)6-3/h8-13,16-21H,4-7,14-15,22-23H2,1-3H3. The van der Waals surface area contributed by atoms with Gasteiger partial charge in [0.25, 0.3) is 0 Å². The molecule has 0 amide bonds. The maximum atomic E-state index is 2.81. The quantitative estimate of drug-likeness (QED) is 0.373. The zero-order valence-electron chi connectivity index (χ0n) is 19.5. The van der Waals surface area contributed by atoms with Crippen molar-refractivity contribution in [2.75, 3.05) is 13.1 Å². The molecule has 0 radical (unpaired) electrons. The molecule has 0 saturated carbocycles. The molecule has 0 unspecified atom stereocenters. The molecule has 0 spiro atoms. The van der Waals surface area contributed by atoms with E-state index in [2.05, 4.69) is 98.5 Å². The van der Waals surface area contributed by atoms with Crippen LogP contribution in [0.25, 0.3) is 0 Å². The Hall–Kier alpha value is -2.38. The second-order valence-corrected chi connectivity index (χ2v) is 8.79. The monoisotopic (exact) mass is 411 g/mol. The van der Waals surface area contributed by atoms with Crippen LogP contribution in [-0.4, -0.2) is 18.0 Å². The van der Waals surface area contributed by atoms with Crippen molar-refractivity contribution in [3.8, 4) is 0 Å². The summed E-state index contributed by atoms with van der Waals surface area (Å²) in [6, 6.07) is 27.6. The van der Waals surface area contributed by atoms with Crippen molar-refractivity contribution in [2.45, 2.75) is 64.8 Å². The highest BCUT2D eigenvalue weighted by atomic mass is 15.2. The summed E-state index contributed by atoms with van der Waals surface area (Å²) in [6.45, 7) is 9.20. The molecule has 0 atom stereocenters. The van der Waals surface area contributed by atoms with Crippen molar-refractivity contribution in [1.82, 2.24) is 4.90 Å². The fraction of sp³-hybridized carbons (Fsp3) is 0.400. The first kappa shape index (κ1) is 21.8. The Morgan fingerprint density at radius 2 is 0.903 bits per heavy atom. The molecule has 162 valence electrons. The van der Waals surface area contributed by atoms with Crippen LogP contribution in [-0.2, 0) is 24.8 Å². The van der Waals surface area contributed by atoms with Crippen LogP contribution in [0.1, 0.15) is 73.4 Å². The summed E-state index contributed by atoms with van der Waals surface area (Å²) in [7, 11) is 0. The van der Waals surface area contributed by atoms with Crippen molar-refractivity contribution < 1.29 is 0 Å². The fourth-order valence-corrected chi connectivity index (χ4v) is 5.72. The summed E-state index contributed by atoms with van der Waals surface area (Å²) in [6.07, 6.45) is 7.04. The van der Waals surface area contributed by atoms with Gasteiger partial charge in [-0.3, -0.25) is 4.90 Å². The molecule has 3 aromatic carbocycles. The first-order chi connectivity index (χ1) is 15.3. The minimum Gasteiger partial charge on any atom is -0.286 e. The van der Waals surface area contributed by atoms with Gasteiger partial charge < -0.3 is 0 Å². The summed E-state index contributed by atoms with van der Waals surface area (Å²) < 4.78 is 0. The summed E-state index contributed by atoms with van der Waals surface area (Å²) >= 11 is 0. The number of nitrogens with zero attached hydrogens (tertiary/aromatic N) is 1. The maximum absolute atomic E-state index is 2.81. The molecule has 1 nitrogen and oxygen atoms in total. The van der Waals surface area contributed by atoms with Crippen molar-refractivity contribution >= 4 is 0 Å². The van der Waals surface area contributed by atoms with Crippen molar-refractivity contribution in [3.05, 3.63) is 106 Å². The lowest BCUT2D eigenvalue weighted by molar-refractivity contribution is 0.125. The molecule has 1 aliphatic heterocycles. The van der Waals surface area contributed by atoms with Crippen LogP contribution in [0, 0.1) is 0 Å². The number of benzene rings is 3. The van der Waals surface area contributed by atoms with Gasteiger partial charge in [-0.25, -0.2) is 0 Å². The Balaban J connectivity index is 2.16. The molecule has 0 N–H and O–H groups in total. The number of aryl methyl sites for hydroxylation is 3. The highest BCUT2D eigenvalue weighted by Gasteiger charge is 2.45. The lowest BCUT2D eigenvalue weighted by Crippen LogP contribution is -2.51. The van der Waals surface area contributed by atoms with E-state index in [1.807, 2.05) is 0 Å². The topological polar surface area (TPSA) is 3.24 Å². The van der Waals surface area contributed by atoms with Gasteiger partial charge in [0.15, 0.2) is 0 Å². The second-order valence-electron chi connectivity index (χ2n) is 8.79. The molecule has 0 aromatic heterocycles. The van der Waals surface area contributed by atoms with Crippen LogP contribution in [0.2, 0.25) is 0 Å². The van der Waals surface area contributed by atoms with Crippen LogP contribution in [0.3, 0.4) is 0 Å². The molecule has 1 fully saturated rings. The molecule has 1 heteroatoms. The molecule has 31 heavy (non-hydrogen) atoms. The Kier molecular flexibility index (Phi) is 6.92. The zero-order valence-corrected chi connectivity index (χ0v) is 19.5. The van der Waals surface area contributed by atoms with Crippen molar-refractivity contribution in [1.29, 1.82) is 0 Å². The van der Waals surface area contributed by atoms with Gasteiger partial charge in [0.1, 0.15) is 0 Å². The van der Waals surface area contributed by atoms with Gasteiger partial charge >= 0.3 is 0 Å². The number of hydrogen-bond acceptors (Lipinski definition) is 1. The van der Waals surface area contributed by atoms with Gasteiger partial charge in [0.05, 0.1) is 5.54 Å². The molecule has 0 bridgehead atoms. The highest BCUT2D eigenvalue weighted by molar-refractivity contribution is 5.57. The van der Waals surface area contributed by atoms with E-state index < -0.39 is 0 Å². The summed E-state index contributed by atoms with van der Waals surface area (Å²) in [5.74, 6) is 0. The van der Waals surface area contributed by atoms with E-state index in [0.29, 0.717) is 0 Å². The van der Waals surface area contributed by atoms with Gasteiger partial charge in [-0.05, 0) is 78.6 Å². The SMILES string of the molecule is CCc1ccccc1C(c1ccccc1CC)(c1ccccc1CC)N1CCCCC1. The van der Waals surface area contributed by atoms with Gasteiger partial charge in [-0.2, -0.15) is 0 Å². The van der Waals surface area contributed by atoms with Gasteiger partial charge in [0, 0.05) is 0 Å². The largest absolute Gasteiger partial charge is 0.286 e. The molecular formula is C30H37N. The molecule has 1 saturated heterocycles. The van der Waals surface area contributed by atoms with Gasteiger partial charge in [-0.15, -0.1) is 0 Å². The number of hydrogen-bond donors (Lipinski definition) is 0. The third-order valence-corrected chi connectivity index (χ3v) is 7.19. The predicted molar refractivity (Wildman–Crippen MR) is 133 cm³/mol. The second kappa shape index (κ2) is 9.83. The Bertz CT molecular complexity index is 881. The van der Waals surface area contributed by atoms with E-state index in [1.54, 1.807) is 0 Å². The average Bonchev–Trinajstić information content (AvgIpc) is 2.86. The lowest BCUT2D eigenvalue weighted by Gasteiger charge is -2.49. The maximum Gasteiger partial charge on any atom is 0.0980 e.